The van der Waals surface area contributed by atoms with Gasteiger partial charge in [0.05, 0.1) is 4.92 Å². The van der Waals surface area contributed by atoms with Crippen LogP contribution in [0, 0.1) is 15.9 Å². The largest absolute Gasteiger partial charge is 0.330 e. The van der Waals surface area contributed by atoms with Crippen LogP contribution in [0.25, 0.3) is 6.08 Å². The van der Waals surface area contributed by atoms with Crippen LogP contribution in [0.4, 0.5) is 15.8 Å². The van der Waals surface area contributed by atoms with Crippen LogP contribution in [0.1, 0.15) is 5.56 Å². The van der Waals surface area contributed by atoms with Crippen molar-refractivity contribution in [3.63, 3.8) is 0 Å². The average molecular weight is 349 g/mol. The molecule has 3 rings (SSSR count). The smallest absolute Gasteiger partial charge is 0.266 e. The predicted molar refractivity (Wildman–Crippen MR) is 82.5 cm³/mol. The highest BCUT2D eigenvalue weighted by molar-refractivity contribution is 9.10. The molecule has 0 aromatic heterocycles. The van der Waals surface area contributed by atoms with Gasteiger partial charge in [-0.15, -0.1) is 0 Å². The molecule has 0 atom stereocenters. The summed E-state index contributed by atoms with van der Waals surface area (Å²) in [6, 6.07) is 11.5. The lowest BCUT2D eigenvalue weighted by Gasteiger charge is -2.28. The van der Waals surface area contributed by atoms with Crippen LogP contribution in [0.5, 0.6) is 0 Å². The van der Waals surface area contributed by atoms with Crippen molar-refractivity contribution in [3.8, 4) is 0 Å². The molecule has 0 N–H and O–H groups in total. The summed E-state index contributed by atoms with van der Waals surface area (Å²) in [5.41, 5.74) is 2.43. The van der Waals surface area contributed by atoms with E-state index >= 15 is 0 Å². The Labute approximate surface area is 128 Å². The van der Waals surface area contributed by atoms with Crippen molar-refractivity contribution in [2.75, 3.05) is 11.4 Å². The van der Waals surface area contributed by atoms with E-state index in [4.69, 9.17) is 0 Å². The van der Waals surface area contributed by atoms with Gasteiger partial charge >= 0.3 is 0 Å². The van der Waals surface area contributed by atoms with E-state index in [9.17, 15) is 14.5 Å². The molecule has 2 aromatic carbocycles. The lowest BCUT2D eigenvalue weighted by molar-refractivity contribution is -0.423. The number of hydrogen-bond acceptors (Lipinski definition) is 3. The molecule has 1 aliphatic rings. The Bertz CT molecular complexity index is 744. The summed E-state index contributed by atoms with van der Waals surface area (Å²) in [5, 5.41) is 11.1. The first-order valence-corrected chi connectivity index (χ1v) is 7.01. The molecule has 2 aromatic rings. The number of nitrogens with zero attached hydrogens (tertiary/aromatic N) is 2. The number of benzene rings is 2. The third-order valence-electron chi connectivity index (χ3n) is 3.30. The topological polar surface area (TPSA) is 46.4 Å². The number of fused-ring (bicyclic) bond motifs is 1. The minimum Gasteiger partial charge on any atom is -0.330 e. The first-order chi connectivity index (χ1) is 10.0. The van der Waals surface area contributed by atoms with Crippen molar-refractivity contribution < 1.29 is 9.31 Å². The van der Waals surface area contributed by atoms with Crippen molar-refractivity contribution in [1.82, 2.24) is 0 Å². The van der Waals surface area contributed by atoms with E-state index in [-0.39, 0.29) is 23.0 Å². The zero-order chi connectivity index (χ0) is 15.0. The molecule has 0 saturated heterocycles. The molecular weight excluding hydrogens is 339 g/mol. The molecule has 0 aliphatic carbocycles. The number of halogens is 2. The van der Waals surface area contributed by atoms with E-state index in [0.717, 1.165) is 15.7 Å². The first-order valence-electron chi connectivity index (χ1n) is 6.22. The molecule has 0 radical (unpaired) electrons. The third kappa shape index (κ3) is 2.67. The van der Waals surface area contributed by atoms with Crippen LogP contribution in [0.15, 0.2) is 52.6 Å². The SMILES string of the molecule is O=[N+]([O-])C1=Cc2cc(Br)ccc2N(c2ccc(F)cc2)C1. The van der Waals surface area contributed by atoms with Crippen molar-refractivity contribution in [3.05, 3.63) is 74.1 Å². The quantitative estimate of drug-likeness (QED) is 0.598. The zero-order valence-corrected chi connectivity index (χ0v) is 12.4. The highest BCUT2D eigenvalue weighted by Gasteiger charge is 2.25. The van der Waals surface area contributed by atoms with Crippen LogP contribution in [-0.4, -0.2) is 11.5 Å². The number of rotatable bonds is 2. The van der Waals surface area contributed by atoms with E-state index in [1.165, 1.54) is 12.1 Å². The Balaban J connectivity index is 2.12. The van der Waals surface area contributed by atoms with Gasteiger partial charge in [-0.3, -0.25) is 10.1 Å². The summed E-state index contributed by atoms with van der Waals surface area (Å²) in [5.74, 6) is -0.336. The number of nitro groups is 1. The standard InChI is InChI=1S/C15H10BrFN2O2/c16-11-1-6-15-10(7-11)8-14(19(20)21)9-18(15)13-4-2-12(17)3-5-13/h1-8H,9H2. The van der Waals surface area contributed by atoms with Gasteiger partial charge in [0, 0.05) is 27.5 Å². The van der Waals surface area contributed by atoms with E-state index < -0.39 is 0 Å². The molecule has 1 heterocycles. The van der Waals surface area contributed by atoms with Gasteiger partial charge in [0.15, 0.2) is 0 Å². The molecule has 0 unspecified atom stereocenters. The summed E-state index contributed by atoms with van der Waals surface area (Å²) in [4.78, 5) is 12.5. The monoisotopic (exact) mass is 348 g/mol. The molecule has 106 valence electrons. The molecule has 1 aliphatic heterocycles. The lowest BCUT2D eigenvalue weighted by atomic mass is 10.1. The van der Waals surface area contributed by atoms with Gasteiger partial charge in [0.2, 0.25) is 0 Å². The van der Waals surface area contributed by atoms with Crippen LogP contribution < -0.4 is 4.90 Å². The normalized spacial score (nSPS) is 13.6. The average Bonchev–Trinajstić information content (AvgIpc) is 2.46. The van der Waals surface area contributed by atoms with Crippen molar-refractivity contribution in [2.24, 2.45) is 0 Å². The second-order valence-corrected chi connectivity index (χ2v) is 5.57. The Morgan fingerprint density at radius 2 is 1.90 bits per heavy atom. The van der Waals surface area contributed by atoms with Gasteiger partial charge in [0.1, 0.15) is 12.4 Å². The van der Waals surface area contributed by atoms with E-state index in [2.05, 4.69) is 15.9 Å². The van der Waals surface area contributed by atoms with Crippen LogP contribution in [0.3, 0.4) is 0 Å². The minimum atomic E-state index is -0.389. The van der Waals surface area contributed by atoms with Gasteiger partial charge in [-0.25, -0.2) is 4.39 Å². The van der Waals surface area contributed by atoms with E-state index in [1.54, 1.807) is 23.1 Å². The Kier molecular flexibility index (Phi) is 3.47. The summed E-state index contributed by atoms with van der Waals surface area (Å²) >= 11 is 3.37. The van der Waals surface area contributed by atoms with Gasteiger partial charge in [-0.05, 0) is 42.5 Å². The van der Waals surface area contributed by atoms with Gasteiger partial charge in [-0.1, -0.05) is 15.9 Å². The summed E-state index contributed by atoms with van der Waals surface area (Å²) in [6.45, 7) is 0.146. The fraction of sp³-hybridized carbons (Fsp3) is 0.0667. The second-order valence-electron chi connectivity index (χ2n) is 4.66. The molecule has 4 nitrogen and oxygen atoms in total. The van der Waals surface area contributed by atoms with Crippen LogP contribution >= 0.6 is 15.9 Å². The molecule has 6 heteroatoms. The maximum absolute atomic E-state index is 13.1. The fourth-order valence-corrected chi connectivity index (χ4v) is 2.70. The van der Waals surface area contributed by atoms with Crippen LogP contribution in [0.2, 0.25) is 0 Å². The lowest BCUT2D eigenvalue weighted by Crippen LogP contribution is -2.26. The maximum Gasteiger partial charge on any atom is 0.266 e. The summed E-state index contributed by atoms with van der Waals surface area (Å²) in [7, 11) is 0. The molecule has 0 spiro atoms. The number of anilines is 2. The Hall–Kier alpha value is -2.21. The highest BCUT2D eigenvalue weighted by atomic mass is 79.9. The van der Waals surface area contributed by atoms with Gasteiger partial charge in [0.25, 0.3) is 5.70 Å². The second kappa shape index (κ2) is 5.29. The van der Waals surface area contributed by atoms with Crippen molar-refractivity contribution >= 4 is 33.4 Å². The third-order valence-corrected chi connectivity index (χ3v) is 3.79. The molecule has 0 fully saturated rings. The van der Waals surface area contributed by atoms with Crippen molar-refractivity contribution in [1.29, 1.82) is 0 Å². The van der Waals surface area contributed by atoms with E-state index in [1.807, 2.05) is 18.2 Å². The van der Waals surface area contributed by atoms with Gasteiger partial charge < -0.3 is 4.90 Å². The molecular formula is C15H10BrFN2O2. The number of hydrogen-bond donors (Lipinski definition) is 0. The predicted octanol–water partition coefficient (Wildman–Crippen LogP) is 4.36. The molecule has 0 bridgehead atoms. The minimum absolute atomic E-state index is 0.102. The summed E-state index contributed by atoms with van der Waals surface area (Å²) in [6.07, 6.45) is 1.57. The molecule has 0 amide bonds. The Morgan fingerprint density at radius 3 is 2.57 bits per heavy atom. The summed E-state index contributed by atoms with van der Waals surface area (Å²) < 4.78 is 13.9. The van der Waals surface area contributed by atoms with Crippen molar-refractivity contribution in [2.45, 2.75) is 0 Å². The maximum atomic E-state index is 13.1. The molecule has 21 heavy (non-hydrogen) atoms. The molecule has 0 saturated carbocycles. The first kappa shape index (κ1) is 13.8. The van der Waals surface area contributed by atoms with E-state index in [0.29, 0.717) is 5.69 Å². The zero-order valence-electron chi connectivity index (χ0n) is 10.8. The fourth-order valence-electron chi connectivity index (χ4n) is 2.32. The Morgan fingerprint density at radius 1 is 1.19 bits per heavy atom. The van der Waals surface area contributed by atoms with Crippen LogP contribution in [-0.2, 0) is 0 Å². The van der Waals surface area contributed by atoms with Gasteiger partial charge in [-0.2, -0.15) is 0 Å². The highest BCUT2D eigenvalue weighted by Crippen LogP contribution is 2.36.